The van der Waals surface area contributed by atoms with Gasteiger partial charge >= 0.3 is 0 Å². The van der Waals surface area contributed by atoms with Gasteiger partial charge in [0.2, 0.25) is 0 Å². The molecule has 0 amide bonds. The van der Waals surface area contributed by atoms with Crippen LogP contribution >= 0.6 is 0 Å². The highest BCUT2D eigenvalue weighted by Gasteiger charge is 2.20. The van der Waals surface area contributed by atoms with Crippen molar-refractivity contribution in [3.05, 3.63) is 181 Å². The Labute approximate surface area is 372 Å². The molecule has 0 N–H and O–H groups in total. The molecule has 0 radical (unpaired) electrons. The van der Waals surface area contributed by atoms with Crippen molar-refractivity contribution in [2.24, 2.45) is 0 Å². The van der Waals surface area contributed by atoms with Gasteiger partial charge in [-0.05, 0) is 178 Å². The van der Waals surface area contributed by atoms with E-state index in [-0.39, 0.29) is 0 Å². The molecule has 2 aromatic heterocycles. The molecule has 314 valence electrons. The molecule has 0 atom stereocenters. The van der Waals surface area contributed by atoms with E-state index in [1.807, 2.05) is 24.3 Å². The first-order valence-electron chi connectivity index (χ1n) is 22.0. The van der Waals surface area contributed by atoms with Crippen LogP contribution in [0.4, 0.5) is 34.1 Å². The molecule has 0 saturated heterocycles. The highest BCUT2D eigenvalue weighted by atomic mass is 16.5. The monoisotopic (exact) mass is 836 g/mol. The van der Waals surface area contributed by atoms with Crippen molar-refractivity contribution >= 4 is 99.5 Å². The molecule has 11 rings (SSSR count). The minimum atomic E-state index is 0.450. The number of rotatable bonds is 10. The summed E-state index contributed by atoms with van der Waals surface area (Å²) in [5.74, 6) is 2.54. The van der Waals surface area contributed by atoms with Gasteiger partial charge < -0.3 is 28.1 Å². The van der Waals surface area contributed by atoms with Crippen molar-refractivity contribution in [3.8, 4) is 11.5 Å². The number of hydrogen-bond donors (Lipinski definition) is 0. The molecule has 0 fully saturated rings. The average Bonchev–Trinajstić information content (AvgIpc) is 3.88. The third-order valence-corrected chi connectivity index (χ3v) is 12.8. The smallest absolute Gasteiger partial charge is 0.178 e. The van der Waals surface area contributed by atoms with Crippen LogP contribution in [0.3, 0.4) is 0 Å². The van der Waals surface area contributed by atoms with Crippen LogP contribution in [-0.2, 0) is 0 Å². The lowest BCUT2D eigenvalue weighted by atomic mass is 10.0. The zero-order valence-electron chi connectivity index (χ0n) is 36.8. The van der Waals surface area contributed by atoms with Crippen molar-refractivity contribution in [1.82, 2.24) is 0 Å². The van der Waals surface area contributed by atoms with Crippen LogP contribution in [-0.4, -0.2) is 14.2 Å². The van der Waals surface area contributed by atoms with Crippen molar-refractivity contribution in [2.45, 2.75) is 39.5 Å². The van der Waals surface area contributed by atoms with E-state index >= 15 is 0 Å². The van der Waals surface area contributed by atoms with Gasteiger partial charge in [-0.1, -0.05) is 64.1 Å². The van der Waals surface area contributed by atoms with Crippen LogP contribution in [0.2, 0.25) is 0 Å². The summed E-state index contributed by atoms with van der Waals surface area (Å²) in [5.41, 5.74) is 12.1. The molecule has 64 heavy (non-hydrogen) atoms. The molecule has 0 saturated carbocycles. The first kappa shape index (κ1) is 39.2. The summed E-state index contributed by atoms with van der Waals surface area (Å²) < 4.78 is 24.6. The summed E-state index contributed by atoms with van der Waals surface area (Å²) in [5, 5.41) is 8.62. The number of hydrogen-bond acceptors (Lipinski definition) is 6. The molecule has 9 aromatic carbocycles. The topological polar surface area (TPSA) is 51.2 Å². The fraction of sp³-hybridized carbons (Fsp3) is 0.138. The van der Waals surface area contributed by atoms with Gasteiger partial charge in [0.25, 0.3) is 0 Å². The third-order valence-electron chi connectivity index (χ3n) is 12.8. The largest absolute Gasteiger partial charge is 0.497 e. The number of furan rings is 2. The highest BCUT2D eigenvalue weighted by molar-refractivity contribution is 6.21. The number of ether oxygens (including phenoxy) is 2. The summed E-state index contributed by atoms with van der Waals surface area (Å²) in [4.78, 5) is 4.58. The summed E-state index contributed by atoms with van der Waals surface area (Å²) >= 11 is 0. The number of anilines is 6. The summed E-state index contributed by atoms with van der Waals surface area (Å²) in [7, 11) is 3.39. The Bertz CT molecular complexity index is 3270. The van der Waals surface area contributed by atoms with Gasteiger partial charge in [0.1, 0.15) is 22.7 Å². The van der Waals surface area contributed by atoms with Crippen molar-refractivity contribution in [2.75, 3.05) is 24.0 Å². The van der Waals surface area contributed by atoms with Crippen LogP contribution in [0.1, 0.15) is 50.7 Å². The van der Waals surface area contributed by atoms with E-state index in [1.165, 1.54) is 11.1 Å². The van der Waals surface area contributed by atoms with E-state index in [2.05, 4.69) is 183 Å². The van der Waals surface area contributed by atoms with Gasteiger partial charge in [0, 0.05) is 55.7 Å². The fourth-order valence-corrected chi connectivity index (χ4v) is 9.18. The first-order chi connectivity index (χ1) is 31.2. The summed E-state index contributed by atoms with van der Waals surface area (Å²) in [6.45, 7) is 8.89. The van der Waals surface area contributed by atoms with E-state index in [4.69, 9.17) is 18.3 Å². The normalized spacial score (nSPS) is 11.9. The minimum Gasteiger partial charge on any atom is -0.497 e. The van der Waals surface area contributed by atoms with Crippen molar-refractivity contribution in [1.29, 1.82) is 0 Å². The maximum Gasteiger partial charge on any atom is 0.178 e. The van der Waals surface area contributed by atoms with Crippen LogP contribution in [0.15, 0.2) is 179 Å². The number of benzene rings is 9. The van der Waals surface area contributed by atoms with Crippen LogP contribution < -0.4 is 19.3 Å². The van der Waals surface area contributed by atoms with Crippen LogP contribution in [0.5, 0.6) is 11.5 Å². The third kappa shape index (κ3) is 6.74. The van der Waals surface area contributed by atoms with Gasteiger partial charge in [0.15, 0.2) is 11.2 Å². The first-order valence-corrected chi connectivity index (χ1v) is 22.0. The van der Waals surface area contributed by atoms with Crippen molar-refractivity contribution in [3.63, 3.8) is 0 Å². The Morgan fingerprint density at radius 3 is 1.03 bits per heavy atom. The lowest BCUT2D eigenvalue weighted by Crippen LogP contribution is -2.10. The molecule has 0 spiro atoms. The van der Waals surface area contributed by atoms with E-state index in [0.29, 0.717) is 11.8 Å². The van der Waals surface area contributed by atoms with E-state index in [0.717, 1.165) is 111 Å². The van der Waals surface area contributed by atoms with Crippen molar-refractivity contribution < 1.29 is 18.3 Å². The zero-order chi connectivity index (χ0) is 43.6. The van der Waals surface area contributed by atoms with Gasteiger partial charge in [-0.3, -0.25) is 0 Å². The molecular formula is C58H48N2O4. The summed E-state index contributed by atoms with van der Waals surface area (Å²) in [6, 6.07) is 60.6. The lowest BCUT2D eigenvalue weighted by Gasteiger charge is -2.26. The maximum absolute atomic E-state index is 6.78. The number of nitrogens with zero attached hydrogens (tertiary/aromatic N) is 2. The molecule has 0 aliphatic rings. The fourth-order valence-electron chi connectivity index (χ4n) is 9.18. The molecule has 6 nitrogen and oxygen atoms in total. The average molecular weight is 837 g/mol. The SMILES string of the molecule is COc1ccc(N(c2ccc(C(C)C)cc2)c2ccc3cc4c(cc3c2)oc2c4ccc3c4cc5ccc(N(c6ccc(OC)cc6)c6ccc(C(C)C)cc6)cc5cc4oc32)cc1. The molecule has 0 bridgehead atoms. The van der Waals surface area contributed by atoms with Gasteiger partial charge in [-0.2, -0.15) is 0 Å². The van der Waals surface area contributed by atoms with Gasteiger partial charge in [-0.15, -0.1) is 0 Å². The quantitative estimate of drug-likeness (QED) is 0.137. The molecular weight excluding hydrogens is 789 g/mol. The van der Waals surface area contributed by atoms with Crippen LogP contribution in [0, 0.1) is 0 Å². The highest BCUT2D eigenvalue weighted by Crippen LogP contribution is 2.44. The standard InChI is InChI=1S/C58H48N2O4/c1-35(2)37-7-13-43(14-8-37)59(45-19-23-49(61-5)24-20-45)47-17-11-39-31-53-51-27-28-52-54-32-40-12-18-48(30-42(40)34-56(54)64-58(52)57(51)63-55(53)33-41(39)29-47)60(46-21-25-50(62-6)26-22-46)44-15-9-38(10-16-44)36(3)4/h7-36H,1-6H3. The van der Waals surface area contributed by atoms with Crippen LogP contribution in [0.25, 0.3) is 65.4 Å². The predicted molar refractivity (Wildman–Crippen MR) is 267 cm³/mol. The molecule has 11 aromatic rings. The minimum absolute atomic E-state index is 0.450. The number of methoxy groups -OCH3 is 2. The molecule has 0 aliphatic carbocycles. The summed E-state index contributed by atoms with van der Waals surface area (Å²) in [6.07, 6.45) is 0. The number of fused-ring (bicyclic) bond motifs is 9. The Kier molecular flexibility index (Phi) is 9.54. The zero-order valence-corrected chi connectivity index (χ0v) is 36.8. The predicted octanol–water partition coefficient (Wildman–Crippen LogP) is 17.0. The Balaban J connectivity index is 0.999. The maximum atomic E-state index is 6.78. The second-order valence-electron chi connectivity index (χ2n) is 17.3. The molecule has 0 aliphatic heterocycles. The second kappa shape index (κ2) is 15.6. The van der Waals surface area contributed by atoms with E-state index < -0.39 is 0 Å². The molecule has 2 heterocycles. The van der Waals surface area contributed by atoms with E-state index in [9.17, 15) is 0 Å². The second-order valence-corrected chi connectivity index (χ2v) is 17.3. The van der Waals surface area contributed by atoms with Gasteiger partial charge in [0.05, 0.1) is 14.2 Å². The Morgan fingerprint density at radius 1 is 0.344 bits per heavy atom. The Hall–Kier alpha value is -7.70. The molecule has 0 unspecified atom stereocenters. The molecule has 6 heteroatoms. The lowest BCUT2D eigenvalue weighted by molar-refractivity contribution is 0.414. The van der Waals surface area contributed by atoms with Gasteiger partial charge in [-0.25, -0.2) is 0 Å². The van der Waals surface area contributed by atoms with E-state index in [1.54, 1.807) is 14.2 Å². The Morgan fingerprint density at radius 2 is 0.688 bits per heavy atom.